The first-order chi connectivity index (χ1) is 7.85. The molecule has 2 aromatic rings. The van der Waals surface area contributed by atoms with Gasteiger partial charge in [0.05, 0.1) is 0 Å². The Morgan fingerprint density at radius 2 is 2.12 bits per heavy atom. The Kier molecular flexibility index (Phi) is 3.28. The van der Waals surface area contributed by atoms with Crippen LogP contribution in [0.4, 0.5) is 0 Å². The van der Waals surface area contributed by atoms with Crippen LogP contribution >= 0.6 is 0 Å². The van der Waals surface area contributed by atoms with E-state index < -0.39 is 0 Å². The lowest BCUT2D eigenvalue weighted by molar-refractivity contribution is 0.126. The van der Waals surface area contributed by atoms with Crippen molar-refractivity contribution in [3.63, 3.8) is 0 Å². The maximum Gasteiger partial charge on any atom is 0.252 e. The maximum absolute atomic E-state index is 8.84. The molecule has 16 heavy (non-hydrogen) atoms. The standard InChI is InChI=1S/C11H12N2O3/c1-15-10(8-5-3-2-4-6-8)11-12-9(7-14)16-13-11/h2-6,10,14H,7H2,1H3. The van der Waals surface area contributed by atoms with Gasteiger partial charge in [-0.15, -0.1) is 0 Å². The SMILES string of the molecule is COC(c1ccccc1)c1noc(CO)n1. The Balaban J connectivity index is 2.29. The molecular weight excluding hydrogens is 208 g/mol. The molecule has 0 amide bonds. The number of aromatic nitrogens is 2. The average molecular weight is 220 g/mol. The topological polar surface area (TPSA) is 68.4 Å². The Labute approximate surface area is 92.7 Å². The zero-order valence-corrected chi connectivity index (χ0v) is 8.83. The van der Waals surface area contributed by atoms with Crippen LogP contribution in [0.25, 0.3) is 0 Å². The molecule has 2 rings (SSSR count). The summed E-state index contributed by atoms with van der Waals surface area (Å²) < 4.78 is 10.1. The number of aliphatic hydroxyl groups excluding tert-OH is 1. The molecule has 1 aromatic carbocycles. The van der Waals surface area contributed by atoms with E-state index >= 15 is 0 Å². The molecule has 0 spiro atoms. The fourth-order valence-electron chi connectivity index (χ4n) is 1.46. The molecule has 0 aliphatic carbocycles. The summed E-state index contributed by atoms with van der Waals surface area (Å²) in [7, 11) is 1.58. The van der Waals surface area contributed by atoms with Crippen molar-refractivity contribution in [3.8, 4) is 0 Å². The van der Waals surface area contributed by atoms with Crippen molar-refractivity contribution in [2.24, 2.45) is 0 Å². The molecule has 0 saturated carbocycles. The summed E-state index contributed by atoms with van der Waals surface area (Å²) in [6.07, 6.45) is -0.370. The Morgan fingerprint density at radius 3 is 2.69 bits per heavy atom. The molecule has 5 nitrogen and oxygen atoms in total. The van der Waals surface area contributed by atoms with Gasteiger partial charge in [0.25, 0.3) is 5.89 Å². The average Bonchev–Trinajstić information content (AvgIpc) is 2.80. The first-order valence-electron chi connectivity index (χ1n) is 4.86. The van der Waals surface area contributed by atoms with Crippen LogP contribution in [0.2, 0.25) is 0 Å². The molecule has 84 valence electrons. The first-order valence-corrected chi connectivity index (χ1v) is 4.86. The van der Waals surface area contributed by atoms with Crippen molar-refractivity contribution in [1.29, 1.82) is 0 Å². The van der Waals surface area contributed by atoms with E-state index in [2.05, 4.69) is 10.1 Å². The van der Waals surface area contributed by atoms with Crippen molar-refractivity contribution in [1.82, 2.24) is 10.1 Å². The molecule has 1 atom stereocenters. The van der Waals surface area contributed by atoms with Crippen molar-refractivity contribution in [3.05, 3.63) is 47.6 Å². The van der Waals surface area contributed by atoms with Gasteiger partial charge in [-0.25, -0.2) is 0 Å². The zero-order chi connectivity index (χ0) is 11.4. The number of aliphatic hydroxyl groups is 1. The van der Waals surface area contributed by atoms with Crippen LogP contribution < -0.4 is 0 Å². The number of ether oxygens (including phenoxy) is 1. The van der Waals surface area contributed by atoms with Crippen molar-refractivity contribution in [2.45, 2.75) is 12.7 Å². The first kappa shape index (κ1) is 10.8. The predicted octanol–water partition coefficient (Wildman–Crippen LogP) is 1.30. The number of rotatable bonds is 4. The highest BCUT2D eigenvalue weighted by Crippen LogP contribution is 2.22. The summed E-state index contributed by atoms with van der Waals surface area (Å²) in [6.45, 7) is -0.266. The molecule has 1 N–H and O–H groups in total. The van der Waals surface area contributed by atoms with Crippen LogP contribution in [0, 0.1) is 0 Å². The molecule has 0 radical (unpaired) electrons. The van der Waals surface area contributed by atoms with Gasteiger partial charge in [-0.3, -0.25) is 0 Å². The normalized spacial score (nSPS) is 12.6. The molecule has 0 fully saturated rings. The maximum atomic E-state index is 8.84. The summed E-state index contributed by atoms with van der Waals surface area (Å²) in [6, 6.07) is 9.58. The zero-order valence-electron chi connectivity index (χ0n) is 8.83. The lowest BCUT2D eigenvalue weighted by Crippen LogP contribution is -2.05. The van der Waals surface area contributed by atoms with Crippen LogP contribution in [0.1, 0.15) is 23.4 Å². The third kappa shape index (κ3) is 2.10. The van der Waals surface area contributed by atoms with Crippen LogP contribution in [-0.4, -0.2) is 22.4 Å². The second kappa shape index (κ2) is 4.87. The molecule has 1 aromatic heterocycles. The highest BCUT2D eigenvalue weighted by molar-refractivity contribution is 5.22. The monoisotopic (exact) mass is 220 g/mol. The fourth-order valence-corrected chi connectivity index (χ4v) is 1.46. The summed E-state index contributed by atoms with van der Waals surface area (Å²) in [5.74, 6) is 0.603. The smallest absolute Gasteiger partial charge is 0.252 e. The lowest BCUT2D eigenvalue weighted by atomic mass is 10.1. The minimum atomic E-state index is -0.370. The largest absolute Gasteiger partial charge is 0.387 e. The third-order valence-corrected chi connectivity index (χ3v) is 2.19. The van der Waals surface area contributed by atoms with E-state index in [9.17, 15) is 0 Å². The Bertz CT molecular complexity index is 442. The fraction of sp³-hybridized carbons (Fsp3) is 0.273. The highest BCUT2D eigenvalue weighted by atomic mass is 16.5. The summed E-state index contributed by atoms with van der Waals surface area (Å²) in [5.41, 5.74) is 0.940. The minimum Gasteiger partial charge on any atom is -0.387 e. The van der Waals surface area contributed by atoms with Crippen LogP contribution in [0.5, 0.6) is 0 Å². The Morgan fingerprint density at radius 1 is 1.38 bits per heavy atom. The van der Waals surface area contributed by atoms with Crippen molar-refractivity contribution >= 4 is 0 Å². The molecule has 0 bridgehead atoms. The van der Waals surface area contributed by atoms with E-state index in [0.29, 0.717) is 5.82 Å². The van der Waals surface area contributed by atoms with Crippen LogP contribution in [-0.2, 0) is 11.3 Å². The van der Waals surface area contributed by atoms with Gasteiger partial charge in [-0.1, -0.05) is 35.5 Å². The molecule has 0 aliphatic heterocycles. The van der Waals surface area contributed by atoms with E-state index in [-0.39, 0.29) is 18.6 Å². The van der Waals surface area contributed by atoms with Gasteiger partial charge < -0.3 is 14.4 Å². The molecule has 0 aliphatic rings. The van der Waals surface area contributed by atoms with Crippen LogP contribution in [0.3, 0.4) is 0 Å². The number of hydrogen-bond donors (Lipinski definition) is 1. The molecular formula is C11H12N2O3. The van der Waals surface area contributed by atoms with E-state index in [1.165, 1.54) is 0 Å². The second-order valence-corrected chi connectivity index (χ2v) is 3.23. The van der Waals surface area contributed by atoms with Gasteiger partial charge in [-0.2, -0.15) is 4.98 Å². The van der Waals surface area contributed by atoms with E-state index in [1.54, 1.807) is 7.11 Å². The number of nitrogens with zero attached hydrogens (tertiary/aromatic N) is 2. The second-order valence-electron chi connectivity index (χ2n) is 3.23. The van der Waals surface area contributed by atoms with E-state index in [0.717, 1.165) is 5.56 Å². The van der Waals surface area contributed by atoms with Crippen LogP contribution in [0.15, 0.2) is 34.9 Å². The summed E-state index contributed by atoms with van der Waals surface area (Å²) in [5, 5.41) is 12.6. The lowest BCUT2D eigenvalue weighted by Gasteiger charge is -2.10. The third-order valence-electron chi connectivity index (χ3n) is 2.19. The Hall–Kier alpha value is -1.72. The number of methoxy groups -OCH3 is 1. The van der Waals surface area contributed by atoms with E-state index in [4.69, 9.17) is 14.4 Å². The summed E-state index contributed by atoms with van der Waals surface area (Å²) in [4.78, 5) is 4.02. The minimum absolute atomic E-state index is 0.188. The molecule has 1 unspecified atom stereocenters. The predicted molar refractivity (Wildman–Crippen MR) is 55.5 cm³/mol. The van der Waals surface area contributed by atoms with Gasteiger partial charge in [0.2, 0.25) is 5.82 Å². The van der Waals surface area contributed by atoms with Gasteiger partial charge in [0.15, 0.2) is 0 Å². The molecule has 1 heterocycles. The summed E-state index contributed by atoms with van der Waals surface area (Å²) >= 11 is 0. The van der Waals surface area contributed by atoms with Gasteiger partial charge in [0, 0.05) is 7.11 Å². The van der Waals surface area contributed by atoms with Gasteiger partial charge in [-0.05, 0) is 5.56 Å². The quantitative estimate of drug-likeness (QED) is 0.841. The van der Waals surface area contributed by atoms with Gasteiger partial charge in [0.1, 0.15) is 12.7 Å². The molecule has 5 heteroatoms. The van der Waals surface area contributed by atoms with E-state index in [1.807, 2.05) is 30.3 Å². The highest BCUT2D eigenvalue weighted by Gasteiger charge is 2.19. The number of hydrogen-bond acceptors (Lipinski definition) is 5. The van der Waals surface area contributed by atoms with Gasteiger partial charge >= 0.3 is 0 Å². The number of benzene rings is 1. The van der Waals surface area contributed by atoms with Crippen molar-refractivity contribution in [2.75, 3.05) is 7.11 Å². The van der Waals surface area contributed by atoms with Crippen molar-refractivity contribution < 1.29 is 14.4 Å². The molecule has 0 saturated heterocycles.